The van der Waals surface area contributed by atoms with Crippen molar-refractivity contribution in [2.45, 2.75) is 30.2 Å². The van der Waals surface area contributed by atoms with Crippen molar-refractivity contribution >= 4 is 17.6 Å². The molecule has 0 bridgehead atoms. The van der Waals surface area contributed by atoms with Crippen LogP contribution in [0, 0.1) is 0 Å². The number of aromatic nitrogens is 2. The Balaban J connectivity index is 2.66. The largest absolute Gasteiger partial charge is 0.392 e. The summed E-state index contributed by atoms with van der Waals surface area (Å²) >= 11 is 1.52. The van der Waals surface area contributed by atoms with Crippen LogP contribution in [0.2, 0.25) is 0 Å². The Morgan fingerprint density at radius 2 is 2.14 bits per heavy atom. The Bertz CT molecular complexity index is 293. The van der Waals surface area contributed by atoms with Gasteiger partial charge in [-0.1, -0.05) is 18.7 Å². The second kappa shape index (κ2) is 5.17. The number of rotatable bonds is 4. The highest BCUT2D eigenvalue weighted by molar-refractivity contribution is 7.99. The Morgan fingerprint density at radius 1 is 1.43 bits per heavy atom. The first-order valence-electron chi connectivity index (χ1n) is 4.48. The van der Waals surface area contributed by atoms with Gasteiger partial charge in [0.2, 0.25) is 0 Å². The van der Waals surface area contributed by atoms with Crippen LogP contribution in [0.5, 0.6) is 0 Å². The molecule has 2 unspecified atom stereocenters. The zero-order valence-electron chi connectivity index (χ0n) is 8.56. The van der Waals surface area contributed by atoms with Gasteiger partial charge in [0.05, 0.1) is 18.5 Å². The quantitative estimate of drug-likeness (QED) is 0.740. The first-order chi connectivity index (χ1) is 6.63. The summed E-state index contributed by atoms with van der Waals surface area (Å²) in [6.07, 6.45) is 3.02. The maximum atomic E-state index is 9.32. The Morgan fingerprint density at radius 3 is 2.71 bits per heavy atom. The third-order valence-electron chi connectivity index (χ3n) is 1.85. The Hall–Kier alpha value is -0.810. The maximum absolute atomic E-state index is 9.32. The van der Waals surface area contributed by atoms with E-state index in [9.17, 15) is 5.11 Å². The van der Waals surface area contributed by atoms with Crippen LogP contribution in [0.25, 0.3) is 0 Å². The summed E-state index contributed by atoms with van der Waals surface area (Å²) in [5, 5.41) is 13.2. The number of nitrogens with one attached hydrogen (secondary N) is 1. The molecule has 0 saturated heterocycles. The molecule has 1 aromatic heterocycles. The van der Waals surface area contributed by atoms with E-state index in [2.05, 4.69) is 15.3 Å². The van der Waals surface area contributed by atoms with Crippen LogP contribution in [-0.4, -0.2) is 33.5 Å². The molecule has 0 saturated carbocycles. The van der Waals surface area contributed by atoms with Crippen LogP contribution in [0.4, 0.5) is 5.82 Å². The van der Waals surface area contributed by atoms with Gasteiger partial charge in [0.15, 0.2) is 0 Å². The van der Waals surface area contributed by atoms with Gasteiger partial charge in [0.25, 0.3) is 0 Å². The number of anilines is 1. The molecule has 0 aliphatic rings. The second-order valence-corrected chi connectivity index (χ2v) is 4.45. The van der Waals surface area contributed by atoms with Crippen LogP contribution in [0.1, 0.15) is 13.8 Å². The minimum Gasteiger partial charge on any atom is -0.392 e. The summed E-state index contributed by atoms with van der Waals surface area (Å²) in [6.45, 7) is 3.73. The van der Waals surface area contributed by atoms with E-state index in [0.29, 0.717) is 0 Å². The van der Waals surface area contributed by atoms with Crippen molar-refractivity contribution in [1.29, 1.82) is 0 Å². The molecule has 0 radical (unpaired) electrons. The number of hydrogen-bond donors (Lipinski definition) is 2. The van der Waals surface area contributed by atoms with Crippen LogP contribution in [0.3, 0.4) is 0 Å². The van der Waals surface area contributed by atoms with Crippen LogP contribution < -0.4 is 5.32 Å². The van der Waals surface area contributed by atoms with Gasteiger partial charge in [-0.25, -0.2) is 4.98 Å². The summed E-state index contributed by atoms with van der Waals surface area (Å²) in [6, 6.07) is 0. The summed E-state index contributed by atoms with van der Waals surface area (Å²) in [4.78, 5) is 8.33. The standard InChI is InChI=1S/C9H15N3OS/c1-6(13)7(2)14-9-5-11-4-8(10-3)12-9/h4-7,13H,1-3H3,(H,10,12). The third kappa shape index (κ3) is 3.16. The van der Waals surface area contributed by atoms with Gasteiger partial charge < -0.3 is 10.4 Å². The average molecular weight is 213 g/mol. The minimum atomic E-state index is -0.347. The van der Waals surface area contributed by atoms with Crippen molar-refractivity contribution in [2.24, 2.45) is 0 Å². The highest BCUT2D eigenvalue weighted by Gasteiger charge is 2.11. The molecule has 78 valence electrons. The first kappa shape index (κ1) is 11.3. The van der Waals surface area contributed by atoms with E-state index < -0.39 is 0 Å². The highest BCUT2D eigenvalue weighted by Crippen LogP contribution is 2.23. The van der Waals surface area contributed by atoms with Crippen LogP contribution in [-0.2, 0) is 0 Å². The SMILES string of the molecule is CNc1cncc(SC(C)C(C)O)n1. The van der Waals surface area contributed by atoms with Gasteiger partial charge in [0, 0.05) is 12.3 Å². The van der Waals surface area contributed by atoms with E-state index in [1.165, 1.54) is 11.8 Å². The van der Waals surface area contributed by atoms with Gasteiger partial charge in [-0.3, -0.25) is 4.98 Å². The number of aliphatic hydroxyl groups is 1. The summed E-state index contributed by atoms with van der Waals surface area (Å²) in [5.41, 5.74) is 0. The summed E-state index contributed by atoms with van der Waals surface area (Å²) in [5.74, 6) is 0.743. The van der Waals surface area contributed by atoms with Gasteiger partial charge >= 0.3 is 0 Å². The Kier molecular flexibility index (Phi) is 4.16. The average Bonchev–Trinajstić information content (AvgIpc) is 2.18. The van der Waals surface area contributed by atoms with E-state index in [1.54, 1.807) is 26.4 Å². The molecule has 1 aromatic rings. The number of nitrogens with zero attached hydrogens (tertiary/aromatic N) is 2. The monoisotopic (exact) mass is 213 g/mol. The molecule has 0 aliphatic heterocycles. The van der Waals surface area contributed by atoms with Gasteiger partial charge in [-0.05, 0) is 6.92 Å². The molecule has 14 heavy (non-hydrogen) atoms. The first-order valence-corrected chi connectivity index (χ1v) is 5.36. The van der Waals surface area contributed by atoms with Crippen molar-refractivity contribution < 1.29 is 5.11 Å². The van der Waals surface area contributed by atoms with Crippen LogP contribution in [0.15, 0.2) is 17.4 Å². The fourth-order valence-electron chi connectivity index (χ4n) is 0.814. The maximum Gasteiger partial charge on any atom is 0.145 e. The zero-order valence-corrected chi connectivity index (χ0v) is 9.38. The van der Waals surface area contributed by atoms with E-state index in [0.717, 1.165) is 10.8 Å². The fourth-order valence-corrected chi connectivity index (χ4v) is 1.66. The van der Waals surface area contributed by atoms with Crippen molar-refractivity contribution in [1.82, 2.24) is 9.97 Å². The predicted molar refractivity (Wildman–Crippen MR) is 58.6 cm³/mol. The topological polar surface area (TPSA) is 58.0 Å². The van der Waals surface area contributed by atoms with Gasteiger partial charge in [0.1, 0.15) is 10.8 Å². The molecule has 5 heteroatoms. The molecule has 0 spiro atoms. The molecular formula is C9H15N3OS. The number of hydrogen-bond acceptors (Lipinski definition) is 5. The third-order valence-corrected chi connectivity index (χ3v) is 3.06. The zero-order chi connectivity index (χ0) is 10.6. The smallest absolute Gasteiger partial charge is 0.145 e. The fraction of sp³-hybridized carbons (Fsp3) is 0.556. The molecule has 0 aliphatic carbocycles. The Labute approximate surface area is 88.2 Å². The lowest BCUT2D eigenvalue weighted by molar-refractivity contribution is 0.196. The van der Waals surface area contributed by atoms with E-state index >= 15 is 0 Å². The predicted octanol–water partition coefficient (Wildman–Crippen LogP) is 1.38. The lowest BCUT2D eigenvalue weighted by atomic mass is 10.3. The molecule has 2 atom stereocenters. The van der Waals surface area contributed by atoms with E-state index in [1.807, 2.05) is 6.92 Å². The van der Waals surface area contributed by atoms with Crippen molar-refractivity contribution in [3.05, 3.63) is 12.4 Å². The molecule has 0 aromatic carbocycles. The molecule has 1 rings (SSSR count). The molecular weight excluding hydrogens is 198 g/mol. The van der Waals surface area contributed by atoms with Crippen LogP contribution >= 0.6 is 11.8 Å². The summed E-state index contributed by atoms with van der Waals surface area (Å²) in [7, 11) is 1.80. The van der Waals surface area contributed by atoms with Crippen molar-refractivity contribution in [3.8, 4) is 0 Å². The van der Waals surface area contributed by atoms with E-state index in [-0.39, 0.29) is 11.4 Å². The number of aliphatic hydroxyl groups excluding tert-OH is 1. The highest BCUT2D eigenvalue weighted by atomic mass is 32.2. The molecule has 1 heterocycles. The molecule has 0 fully saturated rings. The van der Waals surface area contributed by atoms with Crippen molar-refractivity contribution in [3.63, 3.8) is 0 Å². The molecule has 2 N–H and O–H groups in total. The normalized spacial score (nSPS) is 14.9. The molecule has 4 nitrogen and oxygen atoms in total. The van der Waals surface area contributed by atoms with E-state index in [4.69, 9.17) is 0 Å². The second-order valence-electron chi connectivity index (χ2n) is 3.06. The minimum absolute atomic E-state index is 0.122. The van der Waals surface area contributed by atoms with Gasteiger partial charge in [-0.2, -0.15) is 0 Å². The van der Waals surface area contributed by atoms with Gasteiger partial charge in [-0.15, -0.1) is 0 Å². The lowest BCUT2D eigenvalue weighted by Crippen LogP contribution is -2.15. The summed E-state index contributed by atoms with van der Waals surface area (Å²) < 4.78 is 0. The van der Waals surface area contributed by atoms with Crippen molar-refractivity contribution in [2.75, 3.05) is 12.4 Å². The molecule has 0 amide bonds. The number of thioether (sulfide) groups is 1. The lowest BCUT2D eigenvalue weighted by Gasteiger charge is -2.13.